The molecular weight excluding hydrogens is 300 g/mol. The Kier molecular flexibility index (Phi) is 2.94. The number of hydrogen-bond donors (Lipinski definition) is 1. The average molecular weight is 324 g/mol. The van der Waals surface area contributed by atoms with Crippen LogP contribution in [-0.4, -0.2) is 43.2 Å². The van der Waals surface area contributed by atoms with Gasteiger partial charge in [0.05, 0.1) is 19.1 Å². The maximum Gasteiger partial charge on any atom is 0.310 e. The van der Waals surface area contributed by atoms with E-state index in [4.69, 9.17) is 4.74 Å². The third-order valence-corrected chi connectivity index (χ3v) is 7.10. The molecular formula is C20H24N2O2. The van der Waals surface area contributed by atoms with Crippen molar-refractivity contribution in [3.8, 4) is 0 Å². The lowest BCUT2D eigenvalue weighted by molar-refractivity contribution is -0.158. The van der Waals surface area contributed by atoms with Crippen molar-refractivity contribution in [2.75, 3.05) is 25.5 Å². The standard InChI is InChI=1S/C20H24N2O2/c1-3-12-11-22-9-8-20-14-6-4-5-7-15(14)21-18(20)16(22)10-13(12)17(20)19(23)24-2/h3-7,13,16-18,21H,8-11H2,1-2H3/t13-,16-,17-,18-,20-/m0/s1. The zero-order valence-electron chi connectivity index (χ0n) is 14.3. The van der Waals surface area contributed by atoms with Crippen LogP contribution >= 0.6 is 0 Å². The summed E-state index contributed by atoms with van der Waals surface area (Å²) in [6, 6.07) is 9.43. The Bertz CT molecular complexity index is 743. The van der Waals surface area contributed by atoms with E-state index in [9.17, 15) is 4.79 Å². The first kappa shape index (κ1) is 14.5. The fourth-order valence-corrected chi connectivity index (χ4v) is 6.19. The Labute approximate surface area is 142 Å². The van der Waals surface area contributed by atoms with E-state index in [1.807, 2.05) is 0 Å². The number of rotatable bonds is 1. The molecule has 3 aliphatic heterocycles. The third-order valence-electron chi connectivity index (χ3n) is 7.10. The summed E-state index contributed by atoms with van der Waals surface area (Å²) in [5.74, 6) is 0.207. The molecule has 4 heteroatoms. The van der Waals surface area contributed by atoms with Crippen LogP contribution in [0.5, 0.6) is 0 Å². The summed E-state index contributed by atoms with van der Waals surface area (Å²) in [6.07, 6.45) is 4.33. The maximum atomic E-state index is 13.0. The first-order valence-electron chi connectivity index (χ1n) is 9.03. The molecule has 0 radical (unpaired) electrons. The molecule has 3 bridgehead atoms. The number of carbonyl (C=O) groups excluding carboxylic acids is 1. The molecule has 1 saturated carbocycles. The third kappa shape index (κ3) is 1.55. The zero-order chi connectivity index (χ0) is 16.5. The molecule has 1 N–H and O–H groups in total. The summed E-state index contributed by atoms with van der Waals surface area (Å²) in [7, 11) is 1.54. The number of methoxy groups -OCH3 is 1. The average Bonchev–Trinajstić information content (AvgIpc) is 2.96. The normalized spacial score (nSPS) is 40.8. The van der Waals surface area contributed by atoms with Gasteiger partial charge in [0.2, 0.25) is 0 Å². The van der Waals surface area contributed by atoms with Gasteiger partial charge in [0.15, 0.2) is 0 Å². The number of ether oxygens (including phenoxy) is 1. The van der Waals surface area contributed by atoms with E-state index in [1.165, 1.54) is 16.8 Å². The molecule has 4 aliphatic rings. The number of para-hydroxylation sites is 1. The molecule has 1 aliphatic carbocycles. The van der Waals surface area contributed by atoms with Crippen molar-refractivity contribution in [1.82, 2.24) is 4.90 Å². The van der Waals surface area contributed by atoms with Crippen LogP contribution in [0.3, 0.4) is 0 Å². The molecule has 0 aromatic heterocycles. The molecule has 5 rings (SSSR count). The fourth-order valence-electron chi connectivity index (χ4n) is 6.19. The minimum atomic E-state index is -0.123. The molecule has 3 fully saturated rings. The van der Waals surface area contributed by atoms with Crippen molar-refractivity contribution in [1.29, 1.82) is 0 Å². The first-order chi connectivity index (χ1) is 11.7. The smallest absolute Gasteiger partial charge is 0.310 e. The lowest BCUT2D eigenvalue weighted by atomic mass is 9.50. The van der Waals surface area contributed by atoms with Crippen molar-refractivity contribution < 1.29 is 9.53 Å². The number of hydrogen-bond acceptors (Lipinski definition) is 4. The highest BCUT2D eigenvalue weighted by Crippen LogP contribution is 2.61. The topological polar surface area (TPSA) is 41.6 Å². The van der Waals surface area contributed by atoms with Gasteiger partial charge in [-0.2, -0.15) is 0 Å². The Morgan fingerprint density at radius 2 is 2.25 bits per heavy atom. The van der Waals surface area contributed by atoms with Gasteiger partial charge in [-0.25, -0.2) is 0 Å². The van der Waals surface area contributed by atoms with Gasteiger partial charge in [-0.3, -0.25) is 9.69 Å². The lowest BCUT2D eigenvalue weighted by Crippen LogP contribution is -2.71. The molecule has 0 spiro atoms. The number of piperidine rings is 2. The van der Waals surface area contributed by atoms with Crippen molar-refractivity contribution in [2.24, 2.45) is 11.8 Å². The fraction of sp³-hybridized carbons (Fsp3) is 0.550. The summed E-state index contributed by atoms with van der Waals surface area (Å²) >= 11 is 0. The van der Waals surface area contributed by atoms with Gasteiger partial charge in [0.1, 0.15) is 0 Å². The van der Waals surface area contributed by atoms with Crippen LogP contribution in [0.2, 0.25) is 0 Å². The van der Waals surface area contributed by atoms with E-state index in [2.05, 4.69) is 47.5 Å². The summed E-state index contributed by atoms with van der Waals surface area (Å²) in [5.41, 5.74) is 3.84. The minimum absolute atomic E-state index is 0.0309. The minimum Gasteiger partial charge on any atom is -0.469 e. The van der Waals surface area contributed by atoms with Gasteiger partial charge in [-0.05, 0) is 43.9 Å². The van der Waals surface area contributed by atoms with Crippen LogP contribution in [0.15, 0.2) is 35.9 Å². The van der Waals surface area contributed by atoms with Gasteiger partial charge in [-0.1, -0.05) is 29.8 Å². The number of carbonyl (C=O) groups is 1. The molecule has 0 unspecified atom stereocenters. The van der Waals surface area contributed by atoms with E-state index >= 15 is 0 Å². The highest BCUT2D eigenvalue weighted by molar-refractivity contribution is 5.80. The monoisotopic (exact) mass is 324 g/mol. The largest absolute Gasteiger partial charge is 0.469 e. The number of fused-ring (bicyclic) bond motifs is 2. The molecule has 0 amide bonds. The van der Waals surface area contributed by atoms with E-state index in [0.29, 0.717) is 18.0 Å². The Morgan fingerprint density at radius 3 is 3.04 bits per heavy atom. The van der Waals surface area contributed by atoms with Crippen LogP contribution in [0.1, 0.15) is 25.3 Å². The zero-order valence-corrected chi connectivity index (χ0v) is 14.3. The molecule has 126 valence electrons. The first-order valence-corrected chi connectivity index (χ1v) is 9.03. The SMILES string of the molecule is CC=C1CN2CC[C@@]34c5ccccc5N[C@H]3[C@@H]2C[C@@H]1[C@H]4C(=O)OC. The number of anilines is 1. The molecule has 2 saturated heterocycles. The van der Waals surface area contributed by atoms with Crippen LogP contribution < -0.4 is 5.32 Å². The van der Waals surface area contributed by atoms with E-state index in [0.717, 1.165) is 25.9 Å². The van der Waals surface area contributed by atoms with Crippen LogP contribution in [-0.2, 0) is 14.9 Å². The molecule has 5 atom stereocenters. The highest BCUT2D eigenvalue weighted by Gasteiger charge is 2.67. The van der Waals surface area contributed by atoms with Crippen molar-refractivity contribution in [3.63, 3.8) is 0 Å². The predicted octanol–water partition coefficient (Wildman–Crippen LogP) is 2.56. The van der Waals surface area contributed by atoms with Crippen molar-refractivity contribution >= 4 is 11.7 Å². The van der Waals surface area contributed by atoms with Gasteiger partial charge in [-0.15, -0.1) is 0 Å². The van der Waals surface area contributed by atoms with Gasteiger partial charge < -0.3 is 10.1 Å². The second-order valence-electron chi connectivity index (χ2n) is 7.70. The number of allylic oxidation sites excluding steroid dienone is 1. The summed E-state index contributed by atoms with van der Waals surface area (Å²) in [4.78, 5) is 15.6. The Morgan fingerprint density at radius 1 is 1.42 bits per heavy atom. The molecule has 24 heavy (non-hydrogen) atoms. The van der Waals surface area contributed by atoms with Gasteiger partial charge >= 0.3 is 5.97 Å². The molecule has 4 nitrogen and oxygen atoms in total. The van der Waals surface area contributed by atoms with Gasteiger partial charge in [0, 0.05) is 23.7 Å². The Balaban J connectivity index is 1.76. The van der Waals surface area contributed by atoms with Gasteiger partial charge in [0.25, 0.3) is 0 Å². The molecule has 1 aromatic rings. The lowest BCUT2D eigenvalue weighted by Gasteiger charge is -2.62. The summed E-state index contributed by atoms with van der Waals surface area (Å²) in [5, 5.41) is 3.79. The number of benzene rings is 1. The van der Waals surface area contributed by atoms with E-state index < -0.39 is 0 Å². The second kappa shape index (κ2) is 4.85. The number of nitrogens with zero attached hydrogens (tertiary/aromatic N) is 1. The van der Waals surface area contributed by atoms with Crippen molar-refractivity contribution in [3.05, 3.63) is 41.5 Å². The predicted molar refractivity (Wildman–Crippen MR) is 92.9 cm³/mol. The quantitative estimate of drug-likeness (QED) is 0.637. The molecule has 3 heterocycles. The highest BCUT2D eigenvalue weighted by atomic mass is 16.5. The van der Waals surface area contributed by atoms with Crippen LogP contribution in [0.4, 0.5) is 5.69 Å². The summed E-state index contributed by atoms with van der Waals surface area (Å²) in [6.45, 7) is 4.18. The number of nitrogens with one attached hydrogen (secondary N) is 1. The number of esters is 1. The summed E-state index contributed by atoms with van der Waals surface area (Å²) < 4.78 is 5.33. The van der Waals surface area contributed by atoms with Crippen molar-refractivity contribution in [2.45, 2.75) is 37.3 Å². The van der Waals surface area contributed by atoms with Crippen LogP contribution in [0.25, 0.3) is 0 Å². The molecule has 1 aromatic carbocycles. The Hall–Kier alpha value is -1.81. The van der Waals surface area contributed by atoms with E-state index in [1.54, 1.807) is 7.11 Å². The van der Waals surface area contributed by atoms with Crippen LogP contribution in [0, 0.1) is 11.8 Å². The maximum absolute atomic E-state index is 13.0. The van der Waals surface area contributed by atoms with E-state index in [-0.39, 0.29) is 17.3 Å². The second-order valence-corrected chi connectivity index (χ2v) is 7.70.